The van der Waals surface area contributed by atoms with Crippen LogP contribution in [0.2, 0.25) is 0 Å². The summed E-state index contributed by atoms with van der Waals surface area (Å²) in [6.07, 6.45) is 0.635. The van der Waals surface area contributed by atoms with Crippen LogP contribution in [0.4, 0.5) is 4.79 Å². The molecule has 0 spiro atoms. The minimum absolute atomic E-state index is 0.121. The molecule has 0 aromatic rings. The van der Waals surface area contributed by atoms with Crippen molar-refractivity contribution < 1.29 is 29.0 Å². The third-order valence-electron chi connectivity index (χ3n) is 2.16. The van der Waals surface area contributed by atoms with E-state index >= 15 is 0 Å². The third kappa shape index (κ3) is 11.9. The minimum atomic E-state index is -4.01. The number of rotatable bonds is 9. The molecule has 0 aliphatic carbocycles. The van der Waals surface area contributed by atoms with Gasteiger partial charge < -0.3 is 0 Å². The first-order chi connectivity index (χ1) is 9.22. The Bertz CT molecular complexity index is 342. The number of nitrogens with one attached hydrogen (secondary N) is 2. The van der Waals surface area contributed by atoms with Crippen molar-refractivity contribution >= 4 is 19.9 Å². The molecule has 20 heavy (non-hydrogen) atoms. The van der Waals surface area contributed by atoms with Crippen LogP contribution in [0, 0.1) is 0 Å². The van der Waals surface area contributed by atoms with Gasteiger partial charge in [-0.3, -0.25) is 0 Å². The van der Waals surface area contributed by atoms with Gasteiger partial charge in [-0.15, -0.1) is 0 Å². The van der Waals surface area contributed by atoms with Gasteiger partial charge in [-0.05, 0) is 6.92 Å². The first-order valence-corrected chi connectivity index (χ1v) is 8.28. The van der Waals surface area contributed by atoms with Gasteiger partial charge >= 0.3 is 104 Å². The Balaban J connectivity index is 3.46. The van der Waals surface area contributed by atoms with E-state index in [0.29, 0.717) is 18.5 Å². The predicted octanol–water partition coefficient (Wildman–Crippen LogP) is -0.343. The monoisotopic (exact) mass is 310 g/mol. The second-order valence-corrected chi connectivity index (χ2v) is 6.38. The molecule has 0 saturated heterocycles. The SMILES string of the molecule is C=C(C)C(=O)OCCCNC(=O)NCCC[PH](O)(O)O. The molecule has 0 rings (SSSR count). The van der Waals surface area contributed by atoms with Crippen molar-refractivity contribution in [3.8, 4) is 0 Å². The molecule has 8 nitrogen and oxygen atoms in total. The number of amides is 2. The number of carbonyl (C=O) groups excluding carboxylic acids is 2. The van der Waals surface area contributed by atoms with E-state index < -0.39 is 19.9 Å². The Morgan fingerprint density at radius 2 is 1.70 bits per heavy atom. The first kappa shape index (κ1) is 18.8. The van der Waals surface area contributed by atoms with Crippen LogP contribution >= 0.6 is 7.94 Å². The van der Waals surface area contributed by atoms with E-state index in [1.807, 2.05) is 0 Å². The van der Waals surface area contributed by atoms with Gasteiger partial charge in [0.2, 0.25) is 0 Å². The Kier molecular flexibility index (Phi) is 9.07. The molecule has 0 heterocycles. The van der Waals surface area contributed by atoms with Crippen LogP contribution in [-0.4, -0.2) is 52.5 Å². The van der Waals surface area contributed by atoms with E-state index in [1.165, 1.54) is 0 Å². The van der Waals surface area contributed by atoms with Crippen molar-refractivity contribution in [2.75, 3.05) is 25.9 Å². The van der Waals surface area contributed by atoms with Gasteiger partial charge in [0.1, 0.15) is 0 Å². The number of hydrogen-bond acceptors (Lipinski definition) is 6. The number of esters is 1. The second-order valence-electron chi connectivity index (χ2n) is 4.33. The number of hydrogen-bond donors (Lipinski definition) is 5. The Morgan fingerprint density at radius 1 is 1.15 bits per heavy atom. The first-order valence-electron chi connectivity index (χ1n) is 6.24. The second kappa shape index (κ2) is 9.66. The molecule has 2 amide bonds. The van der Waals surface area contributed by atoms with E-state index in [2.05, 4.69) is 17.2 Å². The van der Waals surface area contributed by atoms with Crippen molar-refractivity contribution in [1.29, 1.82) is 0 Å². The molecule has 0 bridgehead atoms. The van der Waals surface area contributed by atoms with Crippen molar-refractivity contribution in [2.24, 2.45) is 0 Å². The van der Waals surface area contributed by atoms with Crippen molar-refractivity contribution in [2.45, 2.75) is 19.8 Å². The fourth-order valence-electron chi connectivity index (χ4n) is 1.15. The van der Waals surface area contributed by atoms with E-state index in [-0.39, 0.29) is 25.7 Å². The van der Waals surface area contributed by atoms with Crippen molar-refractivity contribution in [3.63, 3.8) is 0 Å². The zero-order chi connectivity index (χ0) is 15.6. The normalized spacial score (nSPS) is 11.6. The fourth-order valence-corrected chi connectivity index (χ4v) is 1.80. The van der Waals surface area contributed by atoms with Crippen molar-refractivity contribution in [1.82, 2.24) is 10.6 Å². The average molecular weight is 310 g/mol. The number of ether oxygens (including phenoxy) is 1. The summed E-state index contributed by atoms with van der Waals surface area (Å²) in [6.45, 7) is 5.75. The predicted molar refractivity (Wildman–Crippen MR) is 76.2 cm³/mol. The van der Waals surface area contributed by atoms with Gasteiger partial charge in [0.05, 0.1) is 0 Å². The molecule has 5 N–H and O–H groups in total. The summed E-state index contributed by atoms with van der Waals surface area (Å²) in [5.74, 6) is -0.459. The molecule has 0 aromatic heterocycles. The van der Waals surface area contributed by atoms with Gasteiger partial charge in [-0.2, -0.15) is 0 Å². The van der Waals surface area contributed by atoms with Gasteiger partial charge in [0.25, 0.3) is 0 Å². The van der Waals surface area contributed by atoms with Crippen LogP contribution in [0.25, 0.3) is 0 Å². The summed E-state index contributed by atoms with van der Waals surface area (Å²) >= 11 is 0. The molecule has 0 fully saturated rings. The van der Waals surface area contributed by atoms with Crippen LogP contribution in [0.5, 0.6) is 0 Å². The van der Waals surface area contributed by atoms with Crippen molar-refractivity contribution in [3.05, 3.63) is 12.2 Å². The molecule has 0 saturated carbocycles. The van der Waals surface area contributed by atoms with Crippen LogP contribution in [0.3, 0.4) is 0 Å². The molecule has 0 aliphatic rings. The molecule has 0 atom stereocenters. The summed E-state index contributed by atoms with van der Waals surface area (Å²) < 4.78 is 4.83. The topological polar surface area (TPSA) is 128 Å². The van der Waals surface area contributed by atoms with Crippen LogP contribution < -0.4 is 10.6 Å². The fraction of sp³-hybridized carbons (Fsp3) is 0.636. The zero-order valence-electron chi connectivity index (χ0n) is 11.5. The summed E-state index contributed by atoms with van der Waals surface area (Å²) in [5, 5.41) is 5.03. The Hall–Kier alpha value is -1.21. The molecule has 0 radical (unpaired) electrons. The van der Waals surface area contributed by atoms with E-state index in [0.717, 1.165) is 0 Å². The summed E-state index contributed by atoms with van der Waals surface area (Å²) in [5.41, 5.74) is 0.326. The van der Waals surface area contributed by atoms with Crippen LogP contribution in [0.1, 0.15) is 19.8 Å². The molecule has 9 heteroatoms. The summed E-state index contributed by atoms with van der Waals surface area (Å²) in [6, 6.07) is -0.405. The summed E-state index contributed by atoms with van der Waals surface area (Å²) in [4.78, 5) is 48.5. The maximum absolute atomic E-state index is 11.3. The maximum atomic E-state index is 11.3. The Labute approximate surface area is 118 Å². The summed E-state index contributed by atoms with van der Waals surface area (Å²) in [7, 11) is -4.01. The molecular weight excluding hydrogens is 287 g/mol. The quantitative estimate of drug-likeness (QED) is 0.171. The van der Waals surface area contributed by atoms with Gasteiger partial charge in [-0.25, -0.2) is 0 Å². The van der Waals surface area contributed by atoms with E-state index in [1.54, 1.807) is 6.92 Å². The molecule has 118 valence electrons. The third-order valence-corrected chi connectivity index (χ3v) is 3.19. The molecular formula is C11H23N2O6P. The number of urea groups is 1. The van der Waals surface area contributed by atoms with Gasteiger partial charge in [0.15, 0.2) is 0 Å². The van der Waals surface area contributed by atoms with Gasteiger partial charge in [-0.1, -0.05) is 6.58 Å². The Morgan fingerprint density at radius 3 is 2.20 bits per heavy atom. The van der Waals surface area contributed by atoms with Crippen LogP contribution in [0.15, 0.2) is 12.2 Å². The zero-order valence-corrected chi connectivity index (χ0v) is 12.5. The standard InChI is InChI=1S/C11H23N2O6P/c1-9(2)10(14)19-7-3-5-12-11(15)13-6-4-8-20(16,17)18/h16-18,20H,1,3-8H2,2H3,(H2,12,13,15). The van der Waals surface area contributed by atoms with Crippen LogP contribution in [-0.2, 0) is 9.53 Å². The number of carbonyl (C=O) groups is 2. The van der Waals surface area contributed by atoms with Gasteiger partial charge in [0, 0.05) is 0 Å². The van der Waals surface area contributed by atoms with E-state index in [4.69, 9.17) is 19.4 Å². The van der Waals surface area contributed by atoms with E-state index in [9.17, 15) is 9.59 Å². The molecule has 0 unspecified atom stereocenters. The molecule has 0 aliphatic heterocycles. The average Bonchev–Trinajstić information content (AvgIpc) is 2.32. The molecule has 0 aromatic carbocycles.